The highest BCUT2D eigenvalue weighted by Crippen LogP contribution is 2.15. The van der Waals surface area contributed by atoms with Gasteiger partial charge < -0.3 is 20.3 Å². The van der Waals surface area contributed by atoms with Gasteiger partial charge in [0.05, 0.1) is 13.2 Å². The van der Waals surface area contributed by atoms with E-state index in [1.807, 2.05) is 0 Å². The average molecular weight is 480 g/mol. The number of rotatable bonds is 7. The molecule has 0 radical (unpaired) electrons. The summed E-state index contributed by atoms with van der Waals surface area (Å²) in [6.07, 6.45) is 2.36. The second kappa shape index (κ2) is 11.6. The number of likely N-dealkylation sites (tertiary alicyclic amines) is 1. The molecule has 4 heterocycles. The number of nitrogens with zero attached hydrogens (tertiary/aromatic N) is 4. The highest BCUT2D eigenvalue weighted by molar-refractivity contribution is 14.0. The number of ether oxygens (including phenoxy) is 1. The molecule has 4 fully saturated rings. The molecule has 4 aliphatic heterocycles. The normalized spacial score (nSPS) is 30.1. The molecule has 152 valence electrons. The molecule has 0 aliphatic carbocycles. The van der Waals surface area contributed by atoms with Gasteiger partial charge in [-0.15, -0.1) is 24.0 Å². The van der Waals surface area contributed by atoms with Crippen LogP contribution in [0.3, 0.4) is 0 Å². The van der Waals surface area contributed by atoms with Crippen molar-refractivity contribution < 1.29 is 4.74 Å². The van der Waals surface area contributed by atoms with Crippen molar-refractivity contribution in [2.45, 2.75) is 31.8 Å². The molecular formula is C18H37IN6O. The summed E-state index contributed by atoms with van der Waals surface area (Å²) >= 11 is 0. The lowest BCUT2D eigenvalue weighted by Crippen LogP contribution is -2.62. The van der Waals surface area contributed by atoms with Crippen molar-refractivity contribution in [1.82, 2.24) is 25.3 Å². The van der Waals surface area contributed by atoms with Gasteiger partial charge in [0.1, 0.15) is 0 Å². The third-order valence-electron chi connectivity index (χ3n) is 5.74. The fourth-order valence-corrected chi connectivity index (χ4v) is 4.13. The number of piperazine rings is 3. The zero-order valence-corrected chi connectivity index (χ0v) is 18.8. The number of fused-ring (bicyclic) bond motifs is 3. The van der Waals surface area contributed by atoms with Gasteiger partial charge in [0.15, 0.2) is 5.96 Å². The van der Waals surface area contributed by atoms with E-state index < -0.39 is 0 Å². The Hall–Kier alpha value is -0.160. The van der Waals surface area contributed by atoms with Crippen molar-refractivity contribution in [3.63, 3.8) is 0 Å². The van der Waals surface area contributed by atoms with Crippen molar-refractivity contribution in [2.75, 3.05) is 79.2 Å². The molecule has 7 nitrogen and oxygen atoms in total. The minimum absolute atomic E-state index is 0. The van der Waals surface area contributed by atoms with Crippen LogP contribution in [-0.4, -0.2) is 112 Å². The number of methoxy groups -OCH3 is 1. The molecule has 0 aromatic carbocycles. The van der Waals surface area contributed by atoms with E-state index in [-0.39, 0.29) is 24.0 Å². The van der Waals surface area contributed by atoms with E-state index in [1.165, 1.54) is 45.6 Å². The van der Waals surface area contributed by atoms with Gasteiger partial charge in [-0.2, -0.15) is 0 Å². The second-order valence-electron chi connectivity index (χ2n) is 7.46. The molecule has 1 atom stereocenters. The predicted molar refractivity (Wildman–Crippen MR) is 118 cm³/mol. The van der Waals surface area contributed by atoms with E-state index in [0.717, 1.165) is 45.3 Å². The van der Waals surface area contributed by atoms with Crippen LogP contribution >= 0.6 is 24.0 Å². The fraction of sp³-hybridized carbons (Fsp3) is 0.944. The van der Waals surface area contributed by atoms with E-state index in [9.17, 15) is 0 Å². The fourth-order valence-electron chi connectivity index (χ4n) is 4.13. The maximum atomic E-state index is 5.18. The van der Waals surface area contributed by atoms with Crippen molar-refractivity contribution in [3.8, 4) is 0 Å². The number of halogens is 1. The summed E-state index contributed by atoms with van der Waals surface area (Å²) in [5.41, 5.74) is 0. The van der Waals surface area contributed by atoms with Gasteiger partial charge in [-0.05, 0) is 19.8 Å². The molecule has 0 saturated carbocycles. The van der Waals surface area contributed by atoms with Crippen LogP contribution in [0.15, 0.2) is 4.99 Å². The highest BCUT2D eigenvalue weighted by Gasteiger charge is 2.31. The van der Waals surface area contributed by atoms with E-state index in [1.54, 1.807) is 7.11 Å². The average Bonchev–Trinajstić information content (AvgIpc) is 2.67. The SMILES string of the molecule is CCNC(=NCC1CN2CCN1CC2)NC1CCN(CCOC)CC1.I. The summed E-state index contributed by atoms with van der Waals surface area (Å²) in [5.74, 6) is 0.996. The van der Waals surface area contributed by atoms with Gasteiger partial charge in [-0.1, -0.05) is 0 Å². The standard InChI is InChI=1S/C18H36N6O.HI/c1-3-19-18(20-14-17-15-23-8-10-24(17)11-9-23)21-16-4-6-22(7-5-16)12-13-25-2;/h16-17H,3-15H2,1-2H3,(H2,19,20,21);1H. The largest absolute Gasteiger partial charge is 0.383 e. The topological polar surface area (TPSA) is 55.4 Å². The van der Waals surface area contributed by atoms with Gasteiger partial charge in [0, 0.05) is 78.1 Å². The Labute approximate surface area is 175 Å². The Morgan fingerprint density at radius 2 is 1.85 bits per heavy atom. The molecule has 0 spiro atoms. The number of hydrogen-bond donors (Lipinski definition) is 2. The third-order valence-corrected chi connectivity index (χ3v) is 5.74. The molecule has 4 aliphatic rings. The summed E-state index contributed by atoms with van der Waals surface area (Å²) < 4.78 is 5.18. The lowest BCUT2D eigenvalue weighted by atomic mass is 10.1. The monoisotopic (exact) mass is 480 g/mol. The third kappa shape index (κ3) is 6.47. The Bertz CT molecular complexity index is 422. The Morgan fingerprint density at radius 1 is 1.12 bits per heavy atom. The number of guanidine groups is 1. The number of nitrogens with one attached hydrogen (secondary N) is 2. The van der Waals surface area contributed by atoms with Crippen LogP contribution in [0, 0.1) is 0 Å². The van der Waals surface area contributed by atoms with Crippen molar-refractivity contribution in [1.29, 1.82) is 0 Å². The van der Waals surface area contributed by atoms with Crippen LogP contribution in [0.2, 0.25) is 0 Å². The Morgan fingerprint density at radius 3 is 2.42 bits per heavy atom. The van der Waals surface area contributed by atoms with Gasteiger partial charge >= 0.3 is 0 Å². The van der Waals surface area contributed by atoms with Crippen LogP contribution in [-0.2, 0) is 4.74 Å². The van der Waals surface area contributed by atoms with Crippen LogP contribution < -0.4 is 10.6 Å². The van der Waals surface area contributed by atoms with E-state index in [2.05, 4.69) is 32.3 Å². The maximum absolute atomic E-state index is 5.18. The molecule has 2 N–H and O–H groups in total. The van der Waals surface area contributed by atoms with Crippen molar-refractivity contribution in [2.24, 2.45) is 4.99 Å². The van der Waals surface area contributed by atoms with Crippen LogP contribution in [0.25, 0.3) is 0 Å². The minimum Gasteiger partial charge on any atom is -0.383 e. The molecule has 4 rings (SSSR count). The lowest BCUT2D eigenvalue weighted by Gasteiger charge is -2.47. The molecule has 0 amide bonds. The molecule has 4 saturated heterocycles. The first-order valence-corrected chi connectivity index (χ1v) is 10.0. The molecule has 2 bridgehead atoms. The van der Waals surface area contributed by atoms with Gasteiger partial charge in [0.2, 0.25) is 0 Å². The zero-order valence-electron chi connectivity index (χ0n) is 16.5. The number of hydrogen-bond acceptors (Lipinski definition) is 5. The molecule has 1 unspecified atom stereocenters. The predicted octanol–water partition coefficient (Wildman–Crippen LogP) is 0.270. The molecule has 0 aromatic rings. The molecule has 26 heavy (non-hydrogen) atoms. The maximum Gasteiger partial charge on any atom is 0.191 e. The summed E-state index contributed by atoms with van der Waals surface area (Å²) in [6, 6.07) is 1.12. The van der Waals surface area contributed by atoms with Gasteiger partial charge in [-0.25, -0.2) is 0 Å². The second-order valence-corrected chi connectivity index (χ2v) is 7.46. The van der Waals surface area contributed by atoms with Crippen LogP contribution in [0.5, 0.6) is 0 Å². The van der Waals surface area contributed by atoms with Crippen molar-refractivity contribution in [3.05, 3.63) is 0 Å². The smallest absolute Gasteiger partial charge is 0.191 e. The summed E-state index contributed by atoms with van der Waals surface area (Å²) in [7, 11) is 1.78. The van der Waals surface area contributed by atoms with Crippen molar-refractivity contribution >= 4 is 29.9 Å². The van der Waals surface area contributed by atoms with Gasteiger partial charge in [-0.3, -0.25) is 14.8 Å². The summed E-state index contributed by atoms with van der Waals surface area (Å²) in [6.45, 7) is 14.2. The minimum atomic E-state index is 0. The molecular weight excluding hydrogens is 443 g/mol. The van der Waals surface area contributed by atoms with Crippen LogP contribution in [0.1, 0.15) is 19.8 Å². The lowest BCUT2D eigenvalue weighted by molar-refractivity contribution is 0.0174. The first-order valence-electron chi connectivity index (χ1n) is 10.0. The highest BCUT2D eigenvalue weighted by atomic mass is 127. The summed E-state index contributed by atoms with van der Waals surface area (Å²) in [4.78, 5) is 12.6. The quantitative estimate of drug-likeness (QED) is 0.310. The van der Waals surface area contributed by atoms with E-state index >= 15 is 0 Å². The molecule has 8 heteroatoms. The van der Waals surface area contributed by atoms with Gasteiger partial charge in [0.25, 0.3) is 0 Å². The Balaban J connectivity index is 0.00000243. The number of aliphatic imine (C=N–C) groups is 1. The number of piperidine rings is 1. The zero-order chi connectivity index (χ0) is 17.5. The first-order chi connectivity index (χ1) is 12.3. The Kier molecular flexibility index (Phi) is 9.90. The summed E-state index contributed by atoms with van der Waals surface area (Å²) in [5, 5.41) is 7.10. The molecule has 0 aromatic heterocycles. The first kappa shape index (κ1) is 22.1. The van der Waals surface area contributed by atoms with E-state index in [0.29, 0.717) is 12.1 Å². The van der Waals surface area contributed by atoms with E-state index in [4.69, 9.17) is 9.73 Å². The van der Waals surface area contributed by atoms with Crippen LogP contribution in [0.4, 0.5) is 0 Å².